The van der Waals surface area contributed by atoms with Crippen LogP contribution in [0.25, 0.3) is 10.8 Å². The number of nitrogens with one attached hydrogen (secondary N) is 3. The highest BCUT2D eigenvalue weighted by Crippen LogP contribution is 2.38. The van der Waals surface area contributed by atoms with Crippen LogP contribution < -0.4 is 35.2 Å². The van der Waals surface area contributed by atoms with Gasteiger partial charge in [-0.2, -0.15) is 15.2 Å². The molecule has 6 amide bonds. The summed E-state index contributed by atoms with van der Waals surface area (Å²) in [6.45, 7) is 8.12. The van der Waals surface area contributed by atoms with E-state index in [1.165, 1.54) is 4.90 Å². The Morgan fingerprint density at radius 1 is 0.918 bits per heavy atom. The highest BCUT2D eigenvalue weighted by molar-refractivity contribution is 6.36. The molecule has 5 aliphatic heterocycles. The minimum Gasteiger partial charge on any atom is -0.487 e. The number of halogens is 1. The van der Waals surface area contributed by atoms with E-state index in [0.29, 0.717) is 73.8 Å². The Morgan fingerprint density at radius 2 is 1.75 bits per heavy atom. The van der Waals surface area contributed by atoms with Gasteiger partial charge in [0.15, 0.2) is 0 Å². The lowest BCUT2D eigenvalue weighted by molar-refractivity contribution is -0.137. The number of ether oxygens (including phenoxy) is 2. The average molecular weight is 1010 g/mol. The zero-order valence-corrected chi connectivity index (χ0v) is 41.3. The first kappa shape index (κ1) is 48.9. The molecule has 5 aliphatic rings. The number of urea groups is 1. The molecular weight excluding hydrogens is 950 g/mol. The SMILES string of the molecule is C=C(COc1ccccc1NC(=O)NCc1ccc2c(c1)CN(C1CCC(=O)NC1=O)C2=O)C(=O)N1CCN(c2nc(OC[C@H]3CCCN3C)nc3c2CCN(c2cccc4cccc(Cl)c24)C3)C[C@H]1CC#N. The third-order valence-electron chi connectivity index (χ3n) is 14.5. The van der Waals surface area contributed by atoms with Gasteiger partial charge in [-0.05, 0) is 86.1 Å². The van der Waals surface area contributed by atoms with Gasteiger partial charge >= 0.3 is 12.0 Å². The zero-order chi connectivity index (χ0) is 50.8. The Kier molecular flexibility index (Phi) is 14.2. The lowest BCUT2D eigenvalue weighted by Gasteiger charge is -2.42. The summed E-state index contributed by atoms with van der Waals surface area (Å²) >= 11 is 6.79. The number of likely N-dealkylation sites (tertiary alicyclic amines) is 1. The van der Waals surface area contributed by atoms with Crippen LogP contribution in [0.4, 0.5) is 22.0 Å². The van der Waals surface area contributed by atoms with Crippen LogP contribution in [0.2, 0.25) is 5.02 Å². The average Bonchev–Trinajstić information content (AvgIpc) is 3.96. The van der Waals surface area contributed by atoms with Crippen molar-refractivity contribution in [3.8, 4) is 17.8 Å². The van der Waals surface area contributed by atoms with Gasteiger partial charge in [-0.3, -0.25) is 24.5 Å². The Balaban J connectivity index is 0.776. The van der Waals surface area contributed by atoms with E-state index in [0.717, 1.165) is 64.0 Å². The molecule has 1 aromatic heterocycles. The van der Waals surface area contributed by atoms with Crippen LogP contribution >= 0.6 is 11.6 Å². The van der Waals surface area contributed by atoms with Gasteiger partial charge in [0, 0.05) is 79.5 Å². The first-order chi connectivity index (χ1) is 35.4. The van der Waals surface area contributed by atoms with Crippen LogP contribution in [0.5, 0.6) is 11.8 Å². The molecule has 3 saturated heterocycles. The first-order valence-corrected chi connectivity index (χ1v) is 25.1. The molecule has 3 N–H and O–H groups in total. The van der Waals surface area contributed by atoms with E-state index in [9.17, 15) is 29.2 Å². The van der Waals surface area contributed by atoms with Gasteiger partial charge < -0.3 is 44.6 Å². The molecule has 73 heavy (non-hydrogen) atoms. The molecule has 10 rings (SSSR count). The number of piperazine rings is 1. The maximum atomic E-state index is 14.2. The van der Waals surface area contributed by atoms with Crippen molar-refractivity contribution in [2.24, 2.45) is 0 Å². The van der Waals surface area contributed by atoms with Gasteiger partial charge in [0.05, 0.1) is 41.5 Å². The number of nitriles is 1. The maximum absolute atomic E-state index is 14.2. The molecule has 6 heterocycles. The molecule has 3 fully saturated rings. The summed E-state index contributed by atoms with van der Waals surface area (Å²) in [5.41, 5.74) is 5.42. The molecular formula is C54H56ClN11O7. The molecule has 3 atom stereocenters. The fourth-order valence-corrected chi connectivity index (χ4v) is 10.9. The highest BCUT2D eigenvalue weighted by atomic mass is 35.5. The van der Waals surface area contributed by atoms with Gasteiger partial charge in [0.2, 0.25) is 11.8 Å². The summed E-state index contributed by atoms with van der Waals surface area (Å²) < 4.78 is 12.5. The maximum Gasteiger partial charge on any atom is 0.319 e. The number of rotatable bonds is 14. The predicted molar refractivity (Wildman–Crippen MR) is 274 cm³/mol. The number of hydrogen-bond acceptors (Lipinski definition) is 13. The van der Waals surface area contributed by atoms with Crippen molar-refractivity contribution >= 4 is 69.2 Å². The first-order valence-electron chi connectivity index (χ1n) is 24.7. The minimum absolute atomic E-state index is 0.0862. The molecule has 376 valence electrons. The number of aromatic nitrogens is 2. The van der Waals surface area contributed by atoms with Crippen molar-refractivity contribution in [3.05, 3.63) is 124 Å². The fraction of sp³-hybridized carbons (Fsp3) is 0.370. The Morgan fingerprint density at radius 3 is 2.56 bits per heavy atom. The Hall–Kier alpha value is -7.75. The topological polar surface area (TPSA) is 206 Å². The normalized spacial score (nSPS) is 19.8. The van der Waals surface area contributed by atoms with Gasteiger partial charge in [-0.25, -0.2) is 4.79 Å². The van der Waals surface area contributed by atoms with E-state index in [1.807, 2.05) is 24.3 Å². The Labute approximate surface area is 427 Å². The number of anilines is 3. The molecule has 0 radical (unpaired) electrons. The Bertz CT molecular complexity index is 3070. The predicted octanol–water partition coefficient (Wildman–Crippen LogP) is 5.97. The number of nitrogens with zero attached hydrogens (tertiary/aromatic N) is 8. The standard InChI is InChI=1S/C54H56ClN11O7/c1-33(31-72-46-14-4-3-12-42(46)58-53(71)57-27-34-15-16-39-36(26-34)28-66(52(39)70)45-17-18-47(67)60-50(45)68)51(69)65-25-24-64(29-37(65)19-21-56)49-40-20-23-63(44-13-6-9-35-8-5-11-41(55)48(35)44)30-43(40)59-54(61-49)73-32-38-10-7-22-62(38)2/h3-6,8-9,11-16,26,37-38,45H,1,7,10,17-20,22-25,27-32H2,2H3,(H2,57,58,71)(H,60,67,68)/t37-,38-,45?/m1/s1. The van der Waals surface area contributed by atoms with E-state index < -0.39 is 24.0 Å². The number of amides is 6. The van der Waals surface area contributed by atoms with Crippen molar-refractivity contribution in [2.45, 2.75) is 76.3 Å². The highest BCUT2D eigenvalue weighted by Gasteiger charge is 2.40. The van der Waals surface area contributed by atoms with E-state index in [2.05, 4.69) is 68.5 Å². The van der Waals surface area contributed by atoms with Crippen molar-refractivity contribution in [1.29, 1.82) is 5.26 Å². The van der Waals surface area contributed by atoms with Crippen LogP contribution in [0.3, 0.4) is 0 Å². The molecule has 4 aromatic carbocycles. The van der Waals surface area contributed by atoms with E-state index >= 15 is 0 Å². The van der Waals surface area contributed by atoms with Gasteiger partial charge in [0.25, 0.3) is 11.8 Å². The fourth-order valence-electron chi connectivity index (χ4n) is 10.6. The van der Waals surface area contributed by atoms with E-state index in [4.69, 9.17) is 31.0 Å². The number of carbonyl (C=O) groups is 5. The van der Waals surface area contributed by atoms with E-state index in [1.54, 1.807) is 41.3 Å². The third-order valence-corrected chi connectivity index (χ3v) is 14.8. The molecule has 5 aromatic rings. The molecule has 19 heteroatoms. The zero-order valence-electron chi connectivity index (χ0n) is 40.6. The van der Waals surface area contributed by atoms with Gasteiger partial charge in [0.1, 0.15) is 30.8 Å². The number of hydrogen-bond donors (Lipinski definition) is 3. The smallest absolute Gasteiger partial charge is 0.319 e. The van der Waals surface area contributed by atoms with E-state index in [-0.39, 0.29) is 68.3 Å². The van der Waals surface area contributed by atoms with Crippen molar-refractivity contribution < 1.29 is 33.4 Å². The molecule has 0 bridgehead atoms. The van der Waals surface area contributed by atoms with Crippen LogP contribution in [-0.4, -0.2) is 125 Å². The van der Waals surface area contributed by atoms with Crippen LogP contribution in [0, 0.1) is 11.3 Å². The van der Waals surface area contributed by atoms with Crippen LogP contribution in [-0.2, 0) is 40.4 Å². The summed E-state index contributed by atoms with van der Waals surface area (Å²) in [5.74, 6) is -0.361. The largest absolute Gasteiger partial charge is 0.487 e. The van der Waals surface area contributed by atoms with Gasteiger partial charge in [-0.15, -0.1) is 0 Å². The summed E-state index contributed by atoms with van der Waals surface area (Å²) in [7, 11) is 2.11. The number of imide groups is 1. The molecule has 18 nitrogen and oxygen atoms in total. The quantitative estimate of drug-likeness (QED) is 0.0868. The summed E-state index contributed by atoms with van der Waals surface area (Å²) in [4.78, 5) is 84.7. The summed E-state index contributed by atoms with van der Waals surface area (Å²) in [5, 5.41) is 20.8. The van der Waals surface area contributed by atoms with Gasteiger partial charge in [-0.1, -0.05) is 66.7 Å². The lowest BCUT2D eigenvalue weighted by atomic mass is 10.0. The molecule has 0 spiro atoms. The second kappa shape index (κ2) is 21.1. The number of likely N-dealkylation sites (N-methyl/N-ethyl adjacent to an activating group) is 1. The monoisotopic (exact) mass is 1010 g/mol. The number of benzene rings is 4. The third kappa shape index (κ3) is 10.3. The van der Waals surface area contributed by atoms with Crippen molar-refractivity contribution in [2.75, 3.05) is 68.1 Å². The number of para-hydroxylation sites is 2. The summed E-state index contributed by atoms with van der Waals surface area (Å²) in [6, 6.07) is 25.4. The molecule has 0 saturated carbocycles. The second-order valence-corrected chi connectivity index (χ2v) is 19.6. The van der Waals surface area contributed by atoms with Crippen LogP contribution in [0.1, 0.15) is 64.8 Å². The minimum atomic E-state index is -0.721. The number of piperidine rings is 1. The van der Waals surface area contributed by atoms with Crippen molar-refractivity contribution in [1.82, 2.24) is 35.3 Å². The number of carbonyl (C=O) groups excluding carboxylic acids is 5. The summed E-state index contributed by atoms with van der Waals surface area (Å²) in [6.07, 6.45) is 3.33. The number of fused-ring (bicyclic) bond motifs is 3. The van der Waals surface area contributed by atoms with Crippen molar-refractivity contribution in [3.63, 3.8) is 0 Å². The molecule has 1 unspecified atom stereocenters. The second-order valence-electron chi connectivity index (χ2n) is 19.2. The van der Waals surface area contributed by atoms with Crippen LogP contribution in [0.15, 0.2) is 91.0 Å². The molecule has 0 aliphatic carbocycles. The lowest BCUT2D eigenvalue weighted by Crippen LogP contribution is -2.56.